The van der Waals surface area contributed by atoms with Gasteiger partial charge in [-0.25, -0.2) is 0 Å². The van der Waals surface area contributed by atoms with Crippen molar-refractivity contribution in [2.24, 2.45) is 0 Å². The van der Waals surface area contributed by atoms with E-state index in [1.165, 1.54) is 36.3 Å². The predicted molar refractivity (Wildman–Crippen MR) is 135 cm³/mol. The predicted octanol–water partition coefficient (Wildman–Crippen LogP) is 3.92. The summed E-state index contributed by atoms with van der Waals surface area (Å²) in [5, 5.41) is 0. The van der Waals surface area contributed by atoms with Gasteiger partial charge in [-0.2, -0.15) is 0 Å². The third kappa shape index (κ3) is 7.98. The van der Waals surface area contributed by atoms with Crippen molar-refractivity contribution in [2.45, 2.75) is 27.7 Å². The number of aryl methyl sites for hydroxylation is 4. The molecule has 0 aromatic heterocycles. The van der Waals surface area contributed by atoms with E-state index in [9.17, 15) is 0 Å². The summed E-state index contributed by atoms with van der Waals surface area (Å²) in [6.45, 7) is 8.55. The average molecular weight is 608 g/mol. The molecule has 4 aromatic rings. The van der Waals surface area contributed by atoms with Gasteiger partial charge in [0.2, 0.25) is 0 Å². The summed E-state index contributed by atoms with van der Waals surface area (Å²) in [7, 11) is 0. The van der Waals surface area contributed by atoms with E-state index in [2.05, 4.69) is 125 Å². The zero-order valence-electron chi connectivity index (χ0n) is 18.1. The van der Waals surface area contributed by atoms with Crippen LogP contribution in [0.25, 0.3) is 0 Å². The van der Waals surface area contributed by atoms with Gasteiger partial charge in [0.1, 0.15) is 0 Å². The topological polar surface area (TPSA) is 0 Å². The van der Waals surface area contributed by atoms with E-state index in [1.807, 2.05) is 0 Å². The van der Waals surface area contributed by atoms with Crippen LogP contribution in [0.15, 0.2) is 97.1 Å². The monoisotopic (exact) mass is 606 g/mol. The van der Waals surface area contributed by atoms with Crippen molar-refractivity contribution >= 4 is 57.3 Å². The maximum atomic E-state index is 2.27. The average Bonchev–Trinajstić information content (AvgIpc) is 2.75. The Hall–Kier alpha value is -1.48. The van der Waals surface area contributed by atoms with Crippen LogP contribution in [0.4, 0.5) is 0 Å². The molecule has 0 N–H and O–H groups in total. The Labute approximate surface area is 202 Å². The SMILES string of the molecule is Cc1cc[c]([Sb][c]2ccc(C)cc2)cc1.Cc1cc[c]([Sb][c]2ccc(C)cc2)cc1. The van der Waals surface area contributed by atoms with E-state index in [0.29, 0.717) is 0 Å². The van der Waals surface area contributed by atoms with Crippen LogP contribution in [0, 0.1) is 27.7 Å². The molecule has 0 bridgehead atoms. The van der Waals surface area contributed by atoms with Gasteiger partial charge < -0.3 is 0 Å². The zero-order valence-corrected chi connectivity index (χ0v) is 23.2. The van der Waals surface area contributed by atoms with Gasteiger partial charge >= 0.3 is 204 Å². The Bertz CT molecular complexity index is 854. The fraction of sp³-hybridized carbons (Fsp3) is 0.143. The molecule has 2 heteroatoms. The second-order valence-electron chi connectivity index (χ2n) is 7.57. The summed E-state index contributed by atoms with van der Waals surface area (Å²) < 4.78 is 6.12. The van der Waals surface area contributed by atoms with Crippen LogP contribution < -0.4 is 14.0 Å². The molecule has 2 radical (unpaired) electrons. The summed E-state index contributed by atoms with van der Waals surface area (Å²) in [5.74, 6) is 0. The van der Waals surface area contributed by atoms with Gasteiger partial charge in [-0.15, -0.1) is 0 Å². The molecular formula is C28H28Sb2. The summed E-state index contributed by atoms with van der Waals surface area (Å²) in [6.07, 6.45) is 0. The maximum absolute atomic E-state index is 2.27. The van der Waals surface area contributed by atoms with Gasteiger partial charge in [0.15, 0.2) is 0 Å². The molecule has 0 amide bonds. The number of rotatable bonds is 4. The van der Waals surface area contributed by atoms with Crippen molar-refractivity contribution < 1.29 is 0 Å². The molecule has 0 nitrogen and oxygen atoms in total. The first-order valence-corrected chi connectivity index (χ1v) is 15.3. The molecular weight excluding hydrogens is 580 g/mol. The molecule has 0 aliphatic rings. The molecule has 0 aliphatic heterocycles. The molecule has 30 heavy (non-hydrogen) atoms. The molecule has 0 fully saturated rings. The van der Waals surface area contributed by atoms with E-state index >= 15 is 0 Å². The molecule has 0 spiro atoms. The number of benzene rings is 4. The Balaban J connectivity index is 0.000000171. The minimum atomic E-state index is -0.370. The van der Waals surface area contributed by atoms with E-state index in [-0.39, 0.29) is 43.2 Å². The summed E-state index contributed by atoms with van der Waals surface area (Å²) >= 11 is -0.739. The van der Waals surface area contributed by atoms with Crippen LogP contribution in [0.2, 0.25) is 0 Å². The summed E-state index contributed by atoms with van der Waals surface area (Å²) in [5.41, 5.74) is 5.38. The molecule has 150 valence electrons. The molecule has 0 heterocycles. The van der Waals surface area contributed by atoms with Gasteiger partial charge in [0.25, 0.3) is 0 Å². The van der Waals surface area contributed by atoms with Crippen molar-refractivity contribution in [3.8, 4) is 0 Å². The van der Waals surface area contributed by atoms with Crippen molar-refractivity contribution in [1.82, 2.24) is 0 Å². The first-order valence-electron chi connectivity index (χ1n) is 10.2. The van der Waals surface area contributed by atoms with Crippen LogP contribution in [0.1, 0.15) is 22.3 Å². The fourth-order valence-electron chi connectivity index (χ4n) is 2.78. The summed E-state index contributed by atoms with van der Waals surface area (Å²) in [4.78, 5) is 0. The van der Waals surface area contributed by atoms with Crippen LogP contribution in [0.5, 0.6) is 0 Å². The Morgan fingerprint density at radius 2 is 0.467 bits per heavy atom. The van der Waals surface area contributed by atoms with Crippen molar-refractivity contribution in [2.75, 3.05) is 0 Å². The molecule has 4 aromatic carbocycles. The molecule has 0 unspecified atom stereocenters. The normalized spacial score (nSPS) is 10.3. The number of hydrogen-bond donors (Lipinski definition) is 0. The second kappa shape index (κ2) is 11.8. The van der Waals surface area contributed by atoms with Crippen LogP contribution in [0.3, 0.4) is 0 Å². The van der Waals surface area contributed by atoms with Crippen molar-refractivity contribution in [3.63, 3.8) is 0 Å². The van der Waals surface area contributed by atoms with Gasteiger partial charge in [0, 0.05) is 0 Å². The molecule has 4 rings (SSSR count). The third-order valence-corrected chi connectivity index (χ3v) is 11.0. The first-order chi connectivity index (χ1) is 14.5. The van der Waals surface area contributed by atoms with E-state index in [0.717, 1.165) is 0 Å². The van der Waals surface area contributed by atoms with E-state index in [1.54, 1.807) is 0 Å². The second-order valence-corrected chi connectivity index (χ2v) is 14.7. The van der Waals surface area contributed by atoms with E-state index < -0.39 is 0 Å². The van der Waals surface area contributed by atoms with Crippen LogP contribution in [-0.4, -0.2) is 43.2 Å². The van der Waals surface area contributed by atoms with Crippen molar-refractivity contribution in [3.05, 3.63) is 119 Å². The van der Waals surface area contributed by atoms with Gasteiger partial charge in [0.05, 0.1) is 0 Å². The minimum absolute atomic E-state index is 0.370. The van der Waals surface area contributed by atoms with Gasteiger partial charge in [-0.05, 0) is 0 Å². The first kappa shape index (κ1) is 23.2. The Morgan fingerprint density at radius 3 is 0.633 bits per heavy atom. The summed E-state index contributed by atoms with van der Waals surface area (Å²) in [6, 6.07) is 35.8. The number of hydrogen-bond acceptors (Lipinski definition) is 0. The zero-order chi connectivity index (χ0) is 21.3. The molecule has 0 saturated carbocycles. The van der Waals surface area contributed by atoms with E-state index in [4.69, 9.17) is 0 Å². The fourth-order valence-corrected chi connectivity index (χ4v) is 7.88. The van der Waals surface area contributed by atoms with Crippen LogP contribution >= 0.6 is 0 Å². The van der Waals surface area contributed by atoms with Gasteiger partial charge in [-0.3, -0.25) is 0 Å². The van der Waals surface area contributed by atoms with Crippen molar-refractivity contribution in [1.29, 1.82) is 0 Å². The standard InChI is InChI=1S/4C7H7.2Sb/c4*1-7-5-3-2-4-6-7;;/h4*3-6H,1H3;;. The quantitative estimate of drug-likeness (QED) is 0.309. The Morgan fingerprint density at radius 1 is 0.300 bits per heavy atom. The Kier molecular flexibility index (Phi) is 9.11. The molecule has 0 atom stereocenters. The molecule has 0 aliphatic carbocycles. The third-order valence-electron chi connectivity index (χ3n) is 4.65. The molecule has 0 saturated heterocycles. The van der Waals surface area contributed by atoms with Crippen LogP contribution in [-0.2, 0) is 0 Å². The van der Waals surface area contributed by atoms with Gasteiger partial charge in [-0.1, -0.05) is 0 Å².